The Bertz CT molecular complexity index is 746. The van der Waals surface area contributed by atoms with E-state index in [-0.39, 0.29) is 0 Å². The normalized spacial score (nSPS) is 11.0. The Morgan fingerprint density at radius 3 is 2.81 bits per heavy atom. The number of fused-ring (bicyclic) bond motifs is 1. The summed E-state index contributed by atoms with van der Waals surface area (Å²) in [5, 5.41) is 3.43. The summed E-state index contributed by atoms with van der Waals surface area (Å²) in [5.74, 6) is 0.791. The summed E-state index contributed by atoms with van der Waals surface area (Å²) in [5.41, 5.74) is 5.54. The molecule has 0 atom stereocenters. The third-order valence-corrected chi connectivity index (χ3v) is 3.70. The van der Waals surface area contributed by atoms with Crippen molar-refractivity contribution in [3.05, 3.63) is 59.5 Å². The van der Waals surface area contributed by atoms with E-state index in [0.29, 0.717) is 0 Å². The molecule has 0 bridgehead atoms. The quantitative estimate of drug-likeness (QED) is 0.755. The Labute approximate surface area is 125 Å². The van der Waals surface area contributed by atoms with E-state index in [9.17, 15) is 0 Å². The second-order valence-electron chi connectivity index (χ2n) is 5.25. The van der Waals surface area contributed by atoms with Crippen LogP contribution < -0.4 is 5.32 Å². The molecule has 0 aliphatic carbocycles. The van der Waals surface area contributed by atoms with Crippen molar-refractivity contribution in [2.45, 2.75) is 26.7 Å². The monoisotopic (exact) mass is 280 g/mol. The van der Waals surface area contributed by atoms with Crippen molar-refractivity contribution >= 4 is 16.8 Å². The van der Waals surface area contributed by atoms with E-state index in [1.165, 1.54) is 16.8 Å². The first kappa shape index (κ1) is 13.7. The maximum atomic E-state index is 5.78. The molecule has 0 aliphatic rings. The van der Waals surface area contributed by atoms with Gasteiger partial charge in [0.15, 0.2) is 11.5 Å². The molecule has 1 heterocycles. The Morgan fingerprint density at radius 2 is 2.00 bits per heavy atom. The van der Waals surface area contributed by atoms with Crippen LogP contribution in [0, 0.1) is 6.92 Å². The maximum Gasteiger partial charge on any atom is 0.197 e. The molecule has 0 saturated heterocycles. The van der Waals surface area contributed by atoms with Crippen LogP contribution in [0.15, 0.2) is 46.9 Å². The van der Waals surface area contributed by atoms with Crippen molar-refractivity contribution in [2.75, 3.05) is 11.9 Å². The molecule has 2 aromatic carbocycles. The van der Waals surface area contributed by atoms with Crippen LogP contribution in [-0.2, 0) is 12.8 Å². The summed E-state index contributed by atoms with van der Waals surface area (Å²) < 4.78 is 5.78. The van der Waals surface area contributed by atoms with E-state index < -0.39 is 0 Å². The van der Waals surface area contributed by atoms with Gasteiger partial charge in [0.1, 0.15) is 5.52 Å². The van der Waals surface area contributed by atoms with E-state index >= 15 is 0 Å². The summed E-state index contributed by atoms with van der Waals surface area (Å²) in [6.45, 7) is 5.07. The van der Waals surface area contributed by atoms with Crippen molar-refractivity contribution in [3.63, 3.8) is 0 Å². The minimum absolute atomic E-state index is 0.782. The molecule has 0 fully saturated rings. The van der Waals surface area contributed by atoms with Gasteiger partial charge in [0, 0.05) is 18.7 Å². The minimum atomic E-state index is 0.782. The smallest absolute Gasteiger partial charge is 0.197 e. The van der Waals surface area contributed by atoms with Crippen molar-refractivity contribution in [2.24, 2.45) is 0 Å². The zero-order valence-corrected chi connectivity index (χ0v) is 12.5. The lowest BCUT2D eigenvalue weighted by Gasteiger charge is -2.07. The van der Waals surface area contributed by atoms with Crippen LogP contribution in [0.4, 0.5) is 5.69 Å². The number of para-hydroxylation sites is 1. The third kappa shape index (κ3) is 3.07. The first-order valence-corrected chi connectivity index (χ1v) is 7.44. The molecule has 3 aromatic rings. The molecule has 3 rings (SSSR count). The molecule has 0 radical (unpaired) electrons. The Kier molecular flexibility index (Phi) is 3.91. The molecular weight excluding hydrogens is 260 g/mol. The van der Waals surface area contributed by atoms with Crippen LogP contribution in [0.5, 0.6) is 0 Å². The fourth-order valence-electron chi connectivity index (χ4n) is 2.42. The summed E-state index contributed by atoms with van der Waals surface area (Å²) in [6.07, 6.45) is 1.80. The zero-order chi connectivity index (χ0) is 14.7. The minimum Gasteiger partial charge on any atom is -0.441 e. The van der Waals surface area contributed by atoms with Gasteiger partial charge in [-0.25, -0.2) is 4.98 Å². The highest BCUT2D eigenvalue weighted by Gasteiger charge is 2.06. The number of hydrogen-bond donors (Lipinski definition) is 1. The van der Waals surface area contributed by atoms with Crippen LogP contribution in [0.2, 0.25) is 0 Å². The van der Waals surface area contributed by atoms with Gasteiger partial charge < -0.3 is 9.73 Å². The summed E-state index contributed by atoms with van der Waals surface area (Å²) >= 11 is 0. The van der Waals surface area contributed by atoms with E-state index in [0.717, 1.165) is 36.4 Å². The number of anilines is 1. The lowest BCUT2D eigenvalue weighted by Crippen LogP contribution is -2.05. The SMILES string of the molecule is CCc1ccc2oc(CCNc3ccccc3C)nc2c1. The highest BCUT2D eigenvalue weighted by Crippen LogP contribution is 2.18. The van der Waals surface area contributed by atoms with Crippen LogP contribution in [0.25, 0.3) is 11.1 Å². The fraction of sp³-hybridized carbons (Fsp3) is 0.278. The molecule has 0 unspecified atom stereocenters. The molecule has 3 heteroatoms. The van der Waals surface area contributed by atoms with Crippen molar-refractivity contribution in [1.29, 1.82) is 0 Å². The third-order valence-electron chi connectivity index (χ3n) is 3.70. The summed E-state index contributed by atoms with van der Waals surface area (Å²) in [4.78, 5) is 4.57. The van der Waals surface area contributed by atoms with Crippen LogP contribution in [-0.4, -0.2) is 11.5 Å². The topological polar surface area (TPSA) is 38.1 Å². The van der Waals surface area contributed by atoms with E-state index in [1.807, 2.05) is 18.2 Å². The molecule has 0 spiro atoms. The van der Waals surface area contributed by atoms with Crippen molar-refractivity contribution in [3.8, 4) is 0 Å². The lowest BCUT2D eigenvalue weighted by atomic mass is 10.1. The zero-order valence-electron chi connectivity index (χ0n) is 12.5. The van der Waals surface area contributed by atoms with Gasteiger partial charge in [0.25, 0.3) is 0 Å². The van der Waals surface area contributed by atoms with Crippen molar-refractivity contribution < 1.29 is 4.42 Å². The second kappa shape index (κ2) is 6.00. The van der Waals surface area contributed by atoms with Gasteiger partial charge in [-0.1, -0.05) is 31.2 Å². The van der Waals surface area contributed by atoms with Gasteiger partial charge in [-0.2, -0.15) is 0 Å². The van der Waals surface area contributed by atoms with Gasteiger partial charge in [-0.05, 0) is 42.7 Å². The molecule has 0 aliphatic heterocycles. The van der Waals surface area contributed by atoms with Gasteiger partial charge in [-0.15, -0.1) is 0 Å². The van der Waals surface area contributed by atoms with Gasteiger partial charge in [0.05, 0.1) is 0 Å². The molecular formula is C18H20N2O. The van der Waals surface area contributed by atoms with Crippen LogP contribution in [0.1, 0.15) is 23.9 Å². The molecule has 108 valence electrons. The number of aromatic nitrogens is 1. The lowest BCUT2D eigenvalue weighted by molar-refractivity contribution is 0.534. The maximum absolute atomic E-state index is 5.78. The average molecular weight is 280 g/mol. The van der Waals surface area contributed by atoms with Gasteiger partial charge in [-0.3, -0.25) is 0 Å². The Balaban J connectivity index is 1.67. The highest BCUT2D eigenvalue weighted by atomic mass is 16.3. The molecule has 0 amide bonds. The number of nitrogens with one attached hydrogen (secondary N) is 1. The van der Waals surface area contributed by atoms with E-state index in [2.05, 4.69) is 48.4 Å². The first-order valence-electron chi connectivity index (χ1n) is 7.44. The Morgan fingerprint density at radius 1 is 1.14 bits per heavy atom. The molecule has 0 saturated carbocycles. The van der Waals surface area contributed by atoms with Gasteiger partial charge >= 0.3 is 0 Å². The van der Waals surface area contributed by atoms with E-state index in [1.54, 1.807) is 0 Å². The largest absolute Gasteiger partial charge is 0.441 e. The summed E-state index contributed by atoms with van der Waals surface area (Å²) in [6, 6.07) is 14.5. The second-order valence-corrected chi connectivity index (χ2v) is 5.25. The number of aryl methyl sites for hydroxylation is 2. The predicted molar refractivity (Wildman–Crippen MR) is 86.8 cm³/mol. The highest BCUT2D eigenvalue weighted by molar-refractivity contribution is 5.73. The number of oxazole rings is 1. The predicted octanol–water partition coefficient (Wildman–Crippen LogP) is 4.35. The molecule has 1 N–H and O–H groups in total. The number of nitrogens with zero attached hydrogens (tertiary/aromatic N) is 1. The van der Waals surface area contributed by atoms with Crippen molar-refractivity contribution in [1.82, 2.24) is 4.98 Å². The average Bonchev–Trinajstić information content (AvgIpc) is 2.90. The number of rotatable bonds is 5. The van der Waals surface area contributed by atoms with Gasteiger partial charge in [0.2, 0.25) is 0 Å². The molecule has 1 aromatic heterocycles. The molecule has 21 heavy (non-hydrogen) atoms. The Hall–Kier alpha value is -2.29. The molecule has 3 nitrogen and oxygen atoms in total. The summed E-state index contributed by atoms with van der Waals surface area (Å²) in [7, 11) is 0. The first-order chi connectivity index (χ1) is 10.3. The standard InChI is InChI=1S/C18H20N2O/c1-3-14-8-9-17-16(12-14)20-18(21-17)10-11-19-15-7-5-4-6-13(15)2/h4-9,12,19H,3,10-11H2,1-2H3. The van der Waals surface area contributed by atoms with E-state index in [4.69, 9.17) is 4.42 Å². The fourth-order valence-corrected chi connectivity index (χ4v) is 2.42. The number of hydrogen-bond acceptors (Lipinski definition) is 3. The van der Waals surface area contributed by atoms with Crippen LogP contribution in [0.3, 0.4) is 0 Å². The van der Waals surface area contributed by atoms with Crippen LogP contribution >= 0.6 is 0 Å². The number of benzene rings is 2.